The molecule has 3 nitrogen and oxygen atoms in total. The van der Waals surface area contributed by atoms with E-state index in [0.717, 1.165) is 37.5 Å². The van der Waals surface area contributed by atoms with Crippen LogP contribution in [0.1, 0.15) is 41.6 Å². The van der Waals surface area contributed by atoms with Crippen molar-refractivity contribution in [2.24, 2.45) is 5.92 Å². The molecule has 3 heteroatoms. The zero-order chi connectivity index (χ0) is 18.5. The molecule has 3 fully saturated rings. The van der Waals surface area contributed by atoms with E-state index in [4.69, 9.17) is 0 Å². The number of Topliss-reactive ketones (excluding diaryl/α,β-unsaturated/α-hetero) is 1. The number of ketones is 1. The number of carbonyl (C=O) groups excluding carboxylic acids is 1. The average molecular weight is 363 g/mol. The number of hydrogen-bond donors (Lipinski definition) is 0. The summed E-state index contributed by atoms with van der Waals surface area (Å²) in [4.78, 5) is 17.6. The van der Waals surface area contributed by atoms with Gasteiger partial charge in [-0.15, -0.1) is 0 Å². The minimum atomic E-state index is 0.277. The first-order valence-electron chi connectivity index (χ1n) is 10.4. The van der Waals surface area contributed by atoms with Crippen LogP contribution in [-0.2, 0) is 6.54 Å². The van der Waals surface area contributed by atoms with Crippen LogP contribution in [0, 0.1) is 5.92 Å². The van der Waals surface area contributed by atoms with Gasteiger partial charge in [-0.05, 0) is 37.3 Å². The number of hydrogen-bond acceptors (Lipinski definition) is 3. The van der Waals surface area contributed by atoms with Crippen LogP contribution in [-0.4, -0.2) is 47.8 Å². The highest BCUT2D eigenvalue weighted by atomic mass is 16.1. The molecular formula is C24H30N2O. The fraction of sp³-hybridized carbons (Fsp3) is 0.458. The third kappa shape index (κ3) is 4.85. The van der Waals surface area contributed by atoms with Gasteiger partial charge < -0.3 is 4.90 Å². The zero-order valence-corrected chi connectivity index (χ0v) is 16.1. The van der Waals surface area contributed by atoms with Gasteiger partial charge in [-0.1, -0.05) is 60.7 Å². The number of benzene rings is 2. The van der Waals surface area contributed by atoms with Crippen molar-refractivity contribution in [3.8, 4) is 0 Å². The topological polar surface area (TPSA) is 23.6 Å². The molecule has 0 aromatic heterocycles. The van der Waals surface area contributed by atoms with Crippen LogP contribution in [0.4, 0.5) is 0 Å². The van der Waals surface area contributed by atoms with Gasteiger partial charge in [0.15, 0.2) is 5.78 Å². The molecule has 0 saturated carbocycles. The van der Waals surface area contributed by atoms with Gasteiger partial charge in [-0.25, -0.2) is 0 Å². The summed E-state index contributed by atoms with van der Waals surface area (Å²) < 4.78 is 0. The van der Waals surface area contributed by atoms with E-state index >= 15 is 0 Å². The molecule has 3 aliphatic heterocycles. The van der Waals surface area contributed by atoms with E-state index in [2.05, 4.69) is 40.1 Å². The molecule has 3 aliphatic rings. The first kappa shape index (κ1) is 18.4. The van der Waals surface area contributed by atoms with Crippen molar-refractivity contribution in [2.45, 2.75) is 38.3 Å². The Hall–Kier alpha value is -1.97. The molecule has 142 valence electrons. The molecule has 5 rings (SSSR count). The summed E-state index contributed by atoms with van der Waals surface area (Å²) in [5, 5.41) is 0. The van der Waals surface area contributed by atoms with Crippen molar-refractivity contribution >= 4 is 5.78 Å². The van der Waals surface area contributed by atoms with E-state index in [1.807, 2.05) is 30.3 Å². The normalized spacial score (nSPS) is 23.3. The van der Waals surface area contributed by atoms with Crippen LogP contribution in [0.2, 0.25) is 0 Å². The second-order valence-electron chi connectivity index (χ2n) is 8.16. The van der Waals surface area contributed by atoms with Gasteiger partial charge in [0, 0.05) is 44.2 Å². The van der Waals surface area contributed by atoms with Crippen LogP contribution in [0.15, 0.2) is 60.7 Å². The Morgan fingerprint density at radius 2 is 1.63 bits per heavy atom. The summed E-state index contributed by atoms with van der Waals surface area (Å²) in [7, 11) is 0. The van der Waals surface area contributed by atoms with E-state index in [-0.39, 0.29) is 5.78 Å². The molecule has 0 radical (unpaired) electrons. The minimum Gasteiger partial charge on any atom is -0.301 e. The van der Waals surface area contributed by atoms with Crippen molar-refractivity contribution < 1.29 is 4.79 Å². The molecule has 0 amide bonds. The number of rotatable bonds is 7. The van der Waals surface area contributed by atoms with Gasteiger partial charge in [-0.3, -0.25) is 9.69 Å². The van der Waals surface area contributed by atoms with Crippen molar-refractivity contribution in [1.29, 1.82) is 0 Å². The fourth-order valence-electron chi connectivity index (χ4n) is 4.70. The summed E-state index contributed by atoms with van der Waals surface area (Å²) in [6.45, 7) is 5.69. The summed E-state index contributed by atoms with van der Waals surface area (Å²) in [6.07, 6.45) is 4.29. The molecule has 0 unspecified atom stereocenters. The van der Waals surface area contributed by atoms with Crippen molar-refractivity contribution in [3.05, 3.63) is 71.8 Å². The number of fused-ring (bicyclic) bond motifs is 4. The van der Waals surface area contributed by atoms with E-state index in [1.54, 1.807) is 0 Å². The second-order valence-corrected chi connectivity index (χ2v) is 8.16. The van der Waals surface area contributed by atoms with Gasteiger partial charge in [-0.2, -0.15) is 0 Å². The van der Waals surface area contributed by atoms with Crippen LogP contribution >= 0.6 is 0 Å². The summed E-state index contributed by atoms with van der Waals surface area (Å²) in [5.41, 5.74) is 2.27. The maximum atomic E-state index is 12.3. The second kappa shape index (κ2) is 8.81. The van der Waals surface area contributed by atoms with Gasteiger partial charge in [0.2, 0.25) is 0 Å². The number of piperidine rings is 1. The Morgan fingerprint density at radius 3 is 2.41 bits per heavy atom. The molecule has 2 aromatic carbocycles. The van der Waals surface area contributed by atoms with Gasteiger partial charge in [0.1, 0.15) is 0 Å². The van der Waals surface area contributed by atoms with Crippen LogP contribution in [0.25, 0.3) is 0 Å². The summed E-state index contributed by atoms with van der Waals surface area (Å²) in [6, 6.07) is 21.2. The molecule has 2 atom stereocenters. The highest BCUT2D eigenvalue weighted by Gasteiger charge is 2.34. The lowest BCUT2D eigenvalue weighted by molar-refractivity contribution is 0.0973. The largest absolute Gasteiger partial charge is 0.301 e. The molecule has 2 aromatic rings. The Bertz CT molecular complexity index is 731. The Labute approximate surface area is 163 Å². The van der Waals surface area contributed by atoms with Gasteiger partial charge in [0.25, 0.3) is 0 Å². The molecule has 2 bridgehead atoms. The van der Waals surface area contributed by atoms with E-state index < -0.39 is 0 Å². The highest BCUT2D eigenvalue weighted by Crippen LogP contribution is 2.29. The Kier molecular flexibility index (Phi) is 6.00. The van der Waals surface area contributed by atoms with Gasteiger partial charge in [0.05, 0.1) is 0 Å². The average Bonchev–Trinajstić information content (AvgIpc) is 3.00. The maximum absolute atomic E-state index is 12.3. The van der Waals surface area contributed by atoms with Crippen molar-refractivity contribution in [1.82, 2.24) is 9.80 Å². The smallest absolute Gasteiger partial charge is 0.162 e. The van der Waals surface area contributed by atoms with Crippen LogP contribution < -0.4 is 0 Å². The minimum absolute atomic E-state index is 0.277. The lowest BCUT2D eigenvalue weighted by atomic mass is 9.94. The standard InChI is InChI=1S/C24H30N2O/c27-24(22-10-5-2-6-11-22)12-7-15-25-16-21-13-14-23(19-25)26(18-21)17-20-8-3-1-4-9-20/h1-6,8-11,21,23H,7,12-19H2/t21-,23+/m0/s1. The predicted molar refractivity (Wildman–Crippen MR) is 110 cm³/mol. The Morgan fingerprint density at radius 1 is 0.889 bits per heavy atom. The lowest BCUT2D eigenvalue weighted by Crippen LogP contribution is -2.43. The van der Waals surface area contributed by atoms with Gasteiger partial charge >= 0.3 is 0 Å². The summed E-state index contributed by atoms with van der Waals surface area (Å²) >= 11 is 0. The van der Waals surface area contributed by atoms with Crippen LogP contribution in [0.3, 0.4) is 0 Å². The Balaban J connectivity index is 1.29. The predicted octanol–water partition coefficient (Wildman–Crippen LogP) is 4.25. The molecule has 0 N–H and O–H groups in total. The molecule has 3 saturated heterocycles. The molecule has 27 heavy (non-hydrogen) atoms. The first-order valence-corrected chi connectivity index (χ1v) is 10.4. The van der Waals surface area contributed by atoms with Crippen LogP contribution in [0.5, 0.6) is 0 Å². The van der Waals surface area contributed by atoms with Crippen molar-refractivity contribution in [2.75, 3.05) is 26.2 Å². The lowest BCUT2D eigenvalue weighted by Gasteiger charge is -2.36. The zero-order valence-electron chi connectivity index (χ0n) is 16.1. The first-order chi connectivity index (χ1) is 13.3. The summed E-state index contributed by atoms with van der Waals surface area (Å²) in [5.74, 6) is 1.05. The highest BCUT2D eigenvalue weighted by molar-refractivity contribution is 5.95. The third-order valence-electron chi connectivity index (χ3n) is 6.11. The SMILES string of the molecule is O=C(CCCN1C[C@@H]2CC[C@H](C1)N(Cc1ccccc1)C2)c1ccccc1. The monoisotopic (exact) mass is 362 g/mol. The fourth-order valence-corrected chi connectivity index (χ4v) is 4.70. The van der Waals surface area contributed by atoms with Crippen molar-refractivity contribution in [3.63, 3.8) is 0 Å². The van der Waals surface area contributed by atoms with E-state index in [9.17, 15) is 4.79 Å². The molecular weight excluding hydrogens is 332 g/mol. The molecule has 3 heterocycles. The third-order valence-corrected chi connectivity index (χ3v) is 6.11. The maximum Gasteiger partial charge on any atom is 0.162 e. The van der Waals surface area contributed by atoms with E-state index in [0.29, 0.717) is 12.5 Å². The molecule has 0 spiro atoms. The van der Waals surface area contributed by atoms with E-state index in [1.165, 1.54) is 31.5 Å². The molecule has 0 aliphatic carbocycles. The quantitative estimate of drug-likeness (QED) is 0.688. The number of nitrogens with zero attached hydrogens (tertiary/aromatic N) is 2. The number of carbonyl (C=O) groups is 1.